The molecule has 0 saturated heterocycles. The SMILES string of the molecule is NC(=O)C(NC(=O)c1cc2ccccc2o1)c1ccccc1. The summed E-state index contributed by atoms with van der Waals surface area (Å²) in [6.45, 7) is 0. The maximum Gasteiger partial charge on any atom is 0.287 e. The molecule has 2 aromatic carbocycles. The number of nitrogens with one attached hydrogen (secondary N) is 1. The molecule has 2 amide bonds. The molecule has 3 N–H and O–H groups in total. The number of benzene rings is 2. The van der Waals surface area contributed by atoms with Crippen LogP contribution < -0.4 is 11.1 Å². The second-order valence-electron chi connectivity index (χ2n) is 4.87. The second kappa shape index (κ2) is 5.73. The highest BCUT2D eigenvalue weighted by atomic mass is 16.3. The van der Waals surface area contributed by atoms with Crippen LogP contribution in [0.3, 0.4) is 0 Å². The summed E-state index contributed by atoms with van der Waals surface area (Å²) in [4.78, 5) is 23.9. The van der Waals surface area contributed by atoms with Crippen molar-refractivity contribution in [3.05, 3.63) is 72.0 Å². The lowest BCUT2D eigenvalue weighted by molar-refractivity contribution is -0.120. The van der Waals surface area contributed by atoms with Gasteiger partial charge in [0.25, 0.3) is 5.91 Å². The largest absolute Gasteiger partial charge is 0.451 e. The predicted molar refractivity (Wildman–Crippen MR) is 82.1 cm³/mol. The minimum absolute atomic E-state index is 0.142. The molecule has 0 aliphatic rings. The Morgan fingerprint density at radius 1 is 1.00 bits per heavy atom. The van der Waals surface area contributed by atoms with Crippen molar-refractivity contribution in [2.75, 3.05) is 0 Å². The zero-order valence-electron chi connectivity index (χ0n) is 11.7. The number of carbonyl (C=O) groups excluding carboxylic acids is 2. The maximum atomic E-state index is 12.3. The average Bonchev–Trinajstić information content (AvgIpc) is 2.97. The summed E-state index contributed by atoms with van der Waals surface area (Å²) in [5.41, 5.74) is 6.62. The molecule has 5 heteroatoms. The molecule has 1 heterocycles. The van der Waals surface area contributed by atoms with Crippen molar-refractivity contribution in [2.45, 2.75) is 6.04 Å². The first-order valence-corrected chi connectivity index (χ1v) is 6.79. The van der Waals surface area contributed by atoms with E-state index in [9.17, 15) is 9.59 Å². The van der Waals surface area contributed by atoms with Gasteiger partial charge in [-0.2, -0.15) is 0 Å². The minimum atomic E-state index is -0.901. The highest BCUT2D eigenvalue weighted by Crippen LogP contribution is 2.20. The third kappa shape index (κ3) is 2.69. The topological polar surface area (TPSA) is 85.3 Å². The molecule has 0 aliphatic carbocycles. The number of hydrogen-bond donors (Lipinski definition) is 2. The van der Waals surface area contributed by atoms with Crippen molar-refractivity contribution in [2.24, 2.45) is 5.73 Å². The van der Waals surface area contributed by atoms with Gasteiger partial charge in [0, 0.05) is 5.39 Å². The van der Waals surface area contributed by atoms with E-state index in [1.54, 1.807) is 36.4 Å². The number of amides is 2. The fraction of sp³-hybridized carbons (Fsp3) is 0.0588. The molecule has 1 atom stereocenters. The highest BCUT2D eigenvalue weighted by Gasteiger charge is 2.22. The summed E-state index contributed by atoms with van der Waals surface area (Å²) in [6, 6.07) is 16.9. The Morgan fingerprint density at radius 2 is 1.68 bits per heavy atom. The molecule has 1 aromatic heterocycles. The van der Waals surface area contributed by atoms with Crippen LogP contribution in [0.1, 0.15) is 22.2 Å². The molecule has 110 valence electrons. The van der Waals surface area contributed by atoms with Crippen LogP contribution in [0.25, 0.3) is 11.0 Å². The van der Waals surface area contributed by atoms with Crippen molar-refractivity contribution >= 4 is 22.8 Å². The summed E-state index contributed by atoms with van der Waals surface area (Å²) in [6.07, 6.45) is 0. The van der Waals surface area contributed by atoms with Crippen molar-refractivity contribution in [1.82, 2.24) is 5.32 Å². The van der Waals surface area contributed by atoms with Crippen LogP contribution in [0.15, 0.2) is 65.1 Å². The van der Waals surface area contributed by atoms with Gasteiger partial charge >= 0.3 is 0 Å². The number of nitrogens with two attached hydrogens (primary N) is 1. The number of primary amides is 1. The van der Waals surface area contributed by atoms with E-state index in [-0.39, 0.29) is 5.76 Å². The predicted octanol–water partition coefficient (Wildman–Crippen LogP) is 2.39. The molecule has 1 unspecified atom stereocenters. The van der Waals surface area contributed by atoms with Gasteiger partial charge in [0.15, 0.2) is 5.76 Å². The molecule has 0 fully saturated rings. The van der Waals surface area contributed by atoms with Crippen LogP contribution in [0.5, 0.6) is 0 Å². The molecule has 3 aromatic rings. The monoisotopic (exact) mass is 294 g/mol. The van der Waals surface area contributed by atoms with Crippen LogP contribution in [0.4, 0.5) is 0 Å². The van der Waals surface area contributed by atoms with Crippen LogP contribution in [0, 0.1) is 0 Å². The Bertz CT molecular complexity index is 791. The molecule has 0 bridgehead atoms. The molecule has 0 aliphatic heterocycles. The first kappa shape index (κ1) is 13.9. The zero-order valence-corrected chi connectivity index (χ0v) is 11.7. The summed E-state index contributed by atoms with van der Waals surface area (Å²) in [5.74, 6) is -0.970. The standard InChI is InChI=1S/C17H14N2O3/c18-16(20)15(11-6-2-1-3-7-11)19-17(21)14-10-12-8-4-5-9-13(12)22-14/h1-10,15H,(H2,18,20)(H,19,21). The van der Waals surface area contributed by atoms with E-state index in [1.165, 1.54) is 0 Å². The number of rotatable bonds is 4. The molecule has 0 radical (unpaired) electrons. The Labute approximate surface area is 126 Å². The molecule has 3 rings (SSSR count). The molecule has 0 saturated carbocycles. The summed E-state index contributed by atoms with van der Waals surface area (Å²) >= 11 is 0. The Morgan fingerprint density at radius 3 is 2.36 bits per heavy atom. The Kier molecular flexibility index (Phi) is 3.62. The number of carbonyl (C=O) groups is 2. The summed E-state index contributed by atoms with van der Waals surface area (Å²) in [7, 11) is 0. The van der Waals surface area contributed by atoms with Crippen LogP contribution >= 0.6 is 0 Å². The molecular formula is C17H14N2O3. The quantitative estimate of drug-likeness (QED) is 0.774. The van der Waals surface area contributed by atoms with Gasteiger partial charge in [-0.1, -0.05) is 48.5 Å². The van der Waals surface area contributed by atoms with Gasteiger partial charge in [0.2, 0.25) is 5.91 Å². The van der Waals surface area contributed by atoms with Crippen LogP contribution in [-0.2, 0) is 4.79 Å². The van der Waals surface area contributed by atoms with E-state index in [0.29, 0.717) is 11.1 Å². The van der Waals surface area contributed by atoms with E-state index in [1.807, 2.05) is 24.3 Å². The number of fused-ring (bicyclic) bond motifs is 1. The lowest BCUT2D eigenvalue weighted by atomic mass is 10.1. The van der Waals surface area contributed by atoms with Crippen molar-refractivity contribution in [1.29, 1.82) is 0 Å². The number of para-hydroxylation sites is 1. The minimum Gasteiger partial charge on any atom is -0.451 e. The number of furan rings is 1. The van der Waals surface area contributed by atoms with Gasteiger partial charge in [-0.05, 0) is 17.7 Å². The molecule has 0 spiro atoms. The summed E-state index contributed by atoms with van der Waals surface area (Å²) < 4.78 is 5.48. The second-order valence-corrected chi connectivity index (χ2v) is 4.87. The molecular weight excluding hydrogens is 280 g/mol. The van der Waals surface area contributed by atoms with E-state index in [2.05, 4.69) is 5.32 Å². The van der Waals surface area contributed by atoms with Crippen LogP contribution in [0.2, 0.25) is 0 Å². The average molecular weight is 294 g/mol. The Balaban J connectivity index is 1.86. The smallest absolute Gasteiger partial charge is 0.287 e. The van der Waals surface area contributed by atoms with Gasteiger partial charge in [-0.3, -0.25) is 9.59 Å². The summed E-state index contributed by atoms with van der Waals surface area (Å²) in [5, 5.41) is 3.42. The van der Waals surface area contributed by atoms with E-state index < -0.39 is 17.9 Å². The number of hydrogen-bond acceptors (Lipinski definition) is 3. The molecule has 5 nitrogen and oxygen atoms in total. The normalized spacial score (nSPS) is 12.0. The lowest BCUT2D eigenvalue weighted by Gasteiger charge is -2.14. The fourth-order valence-corrected chi connectivity index (χ4v) is 2.26. The van der Waals surface area contributed by atoms with Crippen molar-refractivity contribution in [3.63, 3.8) is 0 Å². The Hall–Kier alpha value is -3.08. The zero-order chi connectivity index (χ0) is 15.5. The lowest BCUT2D eigenvalue weighted by Crippen LogP contribution is -2.37. The first-order valence-electron chi connectivity index (χ1n) is 6.79. The van der Waals surface area contributed by atoms with E-state index in [0.717, 1.165) is 5.39 Å². The van der Waals surface area contributed by atoms with E-state index in [4.69, 9.17) is 10.2 Å². The highest BCUT2D eigenvalue weighted by molar-refractivity contribution is 5.98. The maximum absolute atomic E-state index is 12.3. The van der Waals surface area contributed by atoms with Crippen LogP contribution in [-0.4, -0.2) is 11.8 Å². The van der Waals surface area contributed by atoms with Gasteiger partial charge in [0.05, 0.1) is 0 Å². The van der Waals surface area contributed by atoms with E-state index >= 15 is 0 Å². The molecule has 22 heavy (non-hydrogen) atoms. The third-order valence-electron chi connectivity index (χ3n) is 3.34. The van der Waals surface area contributed by atoms with Crippen molar-refractivity contribution < 1.29 is 14.0 Å². The third-order valence-corrected chi connectivity index (χ3v) is 3.34. The van der Waals surface area contributed by atoms with Crippen molar-refractivity contribution in [3.8, 4) is 0 Å². The van der Waals surface area contributed by atoms with Gasteiger partial charge < -0.3 is 15.5 Å². The first-order chi connectivity index (χ1) is 10.6. The fourth-order valence-electron chi connectivity index (χ4n) is 2.26. The van der Waals surface area contributed by atoms with Gasteiger partial charge in [-0.15, -0.1) is 0 Å². The van der Waals surface area contributed by atoms with Gasteiger partial charge in [0.1, 0.15) is 11.6 Å². The van der Waals surface area contributed by atoms with Gasteiger partial charge in [-0.25, -0.2) is 0 Å².